The SMILES string of the molecule is CN(CC1CCCN1)S(=O)(=O)c1cccc([N+](=O)[O-])c1. The van der Waals surface area contributed by atoms with Gasteiger partial charge in [-0.15, -0.1) is 0 Å². The monoisotopic (exact) mass is 299 g/mol. The van der Waals surface area contributed by atoms with Gasteiger partial charge in [0.25, 0.3) is 5.69 Å². The van der Waals surface area contributed by atoms with E-state index in [4.69, 9.17) is 0 Å². The van der Waals surface area contributed by atoms with Crippen molar-refractivity contribution >= 4 is 15.7 Å². The molecule has 1 aliphatic heterocycles. The fraction of sp³-hybridized carbons (Fsp3) is 0.500. The molecule has 1 unspecified atom stereocenters. The highest BCUT2D eigenvalue weighted by Gasteiger charge is 2.26. The first-order valence-corrected chi connectivity index (χ1v) is 7.79. The molecule has 7 nitrogen and oxygen atoms in total. The summed E-state index contributed by atoms with van der Waals surface area (Å²) in [6.45, 7) is 1.26. The van der Waals surface area contributed by atoms with E-state index in [1.54, 1.807) is 0 Å². The Kier molecular flexibility index (Phi) is 4.36. The van der Waals surface area contributed by atoms with Crippen molar-refractivity contribution in [2.24, 2.45) is 0 Å². The molecule has 1 atom stereocenters. The minimum Gasteiger partial charge on any atom is -0.313 e. The summed E-state index contributed by atoms with van der Waals surface area (Å²) < 4.78 is 26.0. The molecule has 20 heavy (non-hydrogen) atoms. The molecule has 1 aliphatic rings. The third-order valence-electron chi connectivity index (χ3n) is 3.38. The van der Waals surface area contributed by atoms with Crippen molar-refractivity contribution in [1.29, 1.82) is 0 Å². The van der Waals surface area contributed by atoms with Crippen molar-refractivity contribution in [3.05, 3.63) is 34.4 Å². The van der Waals surface area contributed by atoms with E-state index in [-0.39, 0.29) is 16.6 Å². The first-order valence-electron chi connectivity index (χ1n) is 6.35. The van der Waals surface area contributed by atoms with Crippen LogP contribution in [0.15, 0.2) is 29.2 Å². The Bertz CT molecular complexity index is 596. The predicted molar refractivity (Wildman–Crippen MR) is 73.9 cm³/mol. The van der Waals surface area contributed by atoms with Crippen molar-refractivity contribution in [2.45, 2.75) is 23.8 Å². The first-order chi connectivity index (χ1) is 9.41. The number of nitro benzene ring substituents is 1. The minimum atomic E-state index is -3.69. The van der Waals surface area contributed by atoms with Gasteiger partial charge in [0.15, 0.2) is 0 Å². The Balaban J connectivity index is 2.20. The van der Waals surface area contributed by atoms with Crippen LogP contribution >= 0.6 is 0 Å². The molecule has 110 valence electrons. The zero-order chi connectivity index (χ0) is 14.8. The van der Waals surface area contributed by atoms with Crippen LogP contribution in [0.4, 0.5) is 5.69 Å². The zero-order valence-electron chi connectivity index (χ0n) is 11.2. The van der Waals surface area contributed by atoms with Gasteiger partial charge in [-0.3, -0.25) is 10.1 Å². The molecule has 0 aromatic heterocycles. The molecule has 1 N–H and O–H groups in total. The number of nitrogens with zero attached hydrogens (tertiary/aromatic N) is 2. The standard InChI is InChI=1S/C12H17N3O4S/c1-14(9-10-4-3-7-13-10)20(18,19)12-6-2-5-11(8-12)15(16)17/h2,5-6,8,10,13H,3-4,7,9H2,1H3. The number of nitrogens with one attached hydrogen (secondary N) is 1. The van der Waals surface area contributed by atoms with Gasteiger partial charge in [0.05, 0.1) is 9.82 Å². The average molecular weight is 299 g/mol. The van der Waals surface area contributed by atoms with Crippen molar-refractivity contribution < 1.29 is 13.3 Å². The second-order valence-corrected chi connectivity index (χ2v) is 6.88. The zero-order valence-corrected chi connectivity index (χ0v) is 12.0. The molecular weight excluding hydrogens is 282 g/mol. The summed E-state index contributed by atoms with van der Waals surface area (Å²) in [5.41, 5.74) is -0.224. The molecule has 0 spiro atoms. The number of non-ortho nitro benzene ring substituents is 1. The molecule has 0 amide bonds. The number of benzene rings is 1. The molecule has 1 heterocycles. The van der Waals surface area contributed by atoms with Gasteiger partial charge in [0.2, 0.25) is 10.0 Å². The Morgan fingerprint density at radius 3 is 2.85 bits per heavy atom. The summed E-state index contributed by atoms with van der Waals surface area (Å²) in [4.78, 5) is 10.1. The lowest BCUT2D eigenvalue weighted by Gasteiger charge is -2.20. The lowest BCUT2D eigenvalue weighted by Crippen LogP contribution is -2.38. The Hall–Kier alpha value is -1.51. The molecule has 1 aromatic rings. The van der Waals surface area contributed by atoms with E-state index < -0.39 is 14.9 Å². The largest absolute Gasteiger partial charge is 0.313 e. The van der Waals surface area contributed by atoms with E-state index in [1.165, 1.54) is 29.6 Å². The maximum Gasteiger partial charge on any atom is 0.270 e. The van der Waals surface area contributed by atoms with E-state index in [0.717, 1.165) is 25.5 Å². The molecule has 0 aliphatic carbocycles. The third-order valence-corrected chi connectivity index (χ3v) is 5.20. The van der Waals surface area contributed by atoms with Gasteiger partial charge in [0, 0.05) is 31.8 Å². The topological polar surface area (TPSA) is 92.6 Å². The molecule has 2 rings (SSSR count). The fourth-order valence-electron chi connectivity index (χ4n) is 2.26. The van der Waals surface area contributed by atoms with Crippen LogP contribution < -0.4 is 5.32 Å². The second-order valence-electron chi connectivity index (χ2n) is 4.83. The average Bonchev–Trinajstić information content (AvgIpc) is 2.91. The van der Waals surface area contributed by atoms with Crippen molar-refractivity contribution in [3.8, 4) is 0 Å². The molecule has 0 saturated carbocycles. The highest BCUT2D eigenvalue weighted by atomic mass is 32.2. The lowest BCUT2D eigenvalue weighted by molar-refractivity contribution is -0.385. The molecule has 1 aromatic carbocycles. The summed E-state index contributed by atoms with van der Waals surface area (Å²) in [7, 11) is -2.20. The molecule has 0 bridgehead atoms. The van der Waals surface area contributed by atoms with Crippen LogP contribution in [0.3, 0.4) is 0 Å². The quantitative estimate of drug-likeness (QED) is 0.646. The van der Waals surface area contributed by atoms with Crippen LogP contribution in [0.1, 0.15) is 12.8 Å². The Morgan fingerprint density at radius 2 is 2.25 bits per heavy atom. The smallest absolute Gasteiger partial charge is 0.270 e. The van der Waals surface area contributed by atoms with Crippen LogP contribution in [0.5, 0.6) is 0 Å². The summed E-state index contributed by atoms with van der Waals surface area (Å²) in [6.07, 6.45) is 1.98. The number of rotatable bonds is 5. The molecular formula is C12H17N3O4S. The number of hydrogen-bond acceptors (Lipinski definition) is 5. The van der Waals surface area contributed by atoms with Crippen LogP contribution in [0.25, 0.3) is 0 Å². The Morgan fingerprint density at radius 1 is 1.50 bits per heavy atom. The number of nitro groups is 1. The highest BCUT2D eigenvalue weighted by molar-refractivity contribution is 7.89. The number of likely N-dealkylation sites (N-methyl/N-ethyl adjacent to an activating group) is 1. The fourth-order valence-corrected chi connectivity index (χ4v) is 3.51. The van der Waals surface area contributed by atoms with Crippen LogP contribution in [-0.4, -0.2) is 43.8 Å². The summed E-state index contributed by atoms with van der Waals surface area (Å²) in [5.74, 6) is 0. The summed E-state index contributed by atoms with van der Waals surface area (Å²) >= 11 is 0. The second kappa shape index (κ2) is 5.86. The third kappa shape index (κ3) is 3.14. The summed E-state index contributed by atoms with van der Waals surface area (Å²) in [5, 5.41) is 13.9. The van der Waals surface area contributed by atoms with Crippen LogP contribution in [0.2, 0.25) is 0 Å². The normalized spacial score (nSPS) is 19.4. The van der Waals surface area contributed by atoms with Gasteiger partial charge in [-0.1, -0.05) is 6.07 Å². The van der Waals surface area contributed by atoms with Crippen molar-refractivity contribution in [2.75, 3.05) is 20.1 Å². The molecule has 0 radical (unpaired) electrons. The van der Waals surface area contributed by atoms with Crippen molar-refractivity contribution in [3.63, 3.8) is 0 Å². The predicted octanol–water partition coefficient (Wildman–Crippen LogP) is 0.967. The van der Waals surface area contributed by atoms with Gasteiger partial charge >= 0.3 is 0 Å². The maximum absolute atomic E-state index is 12.4. The van der Waals surface area contributed by atoms with Gasteiger partial charge in [-0.2, -0.15) is 4.31 Å². The first kappa shape index (κ1) is 14.9. The summed E-state index contributed by atoms with van der Waals surface area (Å²) in [6, 6.07) is 5.27. The molecule has 1 saturated heterocycles. The van der Waals surface area contributed by atoms with Gasteiger partial charge < -0.3 is 5.32 Å². The van der Waals surface area contributed by atoms with Crippen LogP contribution in [0, 0.1) is 10.1 Å². The lowest BCUT2D eigenvalue weighted by atomic mass is 10.2. The van der Waals surface area contributed by atoms with Crippen LogP contribution in [-0.2, 0) is 10.0 Å². The Labute approximate surface area is 117 Å². The van der Waals surface area contributed by atoms with Crippen molar-refractivity contribution in [1.82, 2.24) is 9.62 Å². The van der Waals surface area contributed by atoms with E-state index >= 15 is 0 Å². The van der Waals surface area contributed by atoms with Gasteiger partial charge in [-0.25, -0.2) is 8.42 Å². The molecule has 8 heteroatoms. The van der Waals surface area contributed by atoms with Gasteiger partial charge in [0.1, 0.15) is 0 Å². The van der Waals surface area contributed by atoms with E-state index in [9.17, 15) is 18.5 Å². The van der Waals surface area contributed by atoms with E-state index in [0.29, 0.717) is 6.54 Å². The minimum absolute atomic E-state index is 0.0489. The highest BCUT2D eigenvalue weighted by Crippen LogP contribution is 2.21. The molecule has 1 fully saturated rings. The van der Waals surface area contributed by atoms with E-state index in [1.807, 2.05) is 0 Å². The maximum atomic E-state index is 12.4. The number of sulfonamides is 1. The van der Waals surface area contributed by atoms with E-state index in [2.05, 4.69) is 5.32 Å². The number of hydrogen-bond donors (Lipinski definition) is 1. The van der Waals surface area contributed by atoms with Gasteiger partial charge in [-0.05, 0) is 25.5 Å².